The molecule has 5 heteroatoms. The molecule has 0 saturated carbocycles. The summed E-state index contributed by atoms with van der Waals surface area (Å²) in [5.41, 5.74) is 0.762. The van der Waals surface area contributed by atoms with Crippen LogP contribution in [0.25, 0.3) is 0 Å². The molecule has 0 atom stereocenters. The topological polar surface area (TPSA) is 66.0 Å². The van der Waals surface area contributed by atoms with Gasteiger partial charge in [-0.2, -0.15) is 10.2 Å². The molecule has 0 amide bonds. The lowest BCUT2D eigenvalue weighted by Crippen LogP contribution is -2.41. The first-order chi connectivity index (χ1) is 11.1. The number of nitriles is 1. The van der Waals surface area contributed by atoms with Crippen LogP contribution < -0.4 is 0 Å². The molecule has 120 valence electrons. The Morgan fingerprint density at radius 1 is 1.26 bits per heavy atom. The molecule has 1 aromatic heterocycles. The van der Waals surface area contributed by atoms with Crippen LogP contribution >= 0.6 is 0 Å². The van der Waals surface area contributed by atoms with Gasteiger partial charge in [-0.15, -0.1) is 0 Å². The molecular weight excluding hydrogens is 288 g/mol. The highest BCUT2D eigenvalue weighted by molar-refractivity contribution is 5.33. The first kappa shape index (κ1) is 15.7. The van der Waals surface area contributed by atoms with Crippen molar-refractivity contribution in [3.63, 3.8) is 0 Å². The van der Waals surface area contributed by atoms with E-state index in [1.165, 1.54) is 0 Å². The van der Waals surface area contributed by atoms with Crippen LogP contribution in [0, 0.1) is 11.3 Å². The monoisotopic (exact) mass is 310 g/mol. The third-order valence-corrected chi connectivity index (χ3v) is 4.61. The molecular formula is C18H22N4O. The number of hydrogen-bond donors (Lipinski definition) is 0. The molecule has 23 heavy (non-hydrogen) atoms. The zero-order valence-corrected chi connectivity index (χ0v) is 13.7. The van der Waals surface area contributed by atoms with Crippen LogP contribution in [0.3, 0.4) is 0 Å². The largest absolute Gasteiger partial charge is 0.338 e. The quantitative estimate of drug-likeness (QED) is 0.867. The summed E-state index contributed by atoms with van der Waals surface area (Å²) >= 11 is 0. The SMILES string of the molecule is CC(C)c1noc(CN2CCC(C#N)(c3ccccc3)CC2)n1. The van der Waals surface area contributed by atoms with Crippen molar-refractivity contribution in [3.05, 3.63) is 47.6 Å². The highest BCUT2D eigenvalue weighted by Crippen LogP contribution is 2.35. The second-order valence-electron chi connectivity index (χ2n) is 6.54. The summed E-state index contributed by atoms with van der Waals surface area (Å²) in [6, 6.07) is 12.7. The van der Waals surface area contributed by atoms with Gasteiger partial charge in [-0.25, -0.2) is 0 Å². The van der Waals surface area contributed by atoms with Gasteiger partial charge in [-0.05, 0) is 18.4 Å². The van der Waals surface area contributed by atoms with Gasteiger partial charge in [0.2, 0.25) is 5.89 Å². The molecule has 1 saturated heterocycles. The normalized spacial score (nSPS) is 18.0. The molecule has 0 unspecified atom stereocenters. The van der Waals surface area contributed by atoms with E-state index in [1.807, 2.05) is 18.2 Å². The van der Waals surface area contributed by atoms with E-state index in [0.717, 1.165) is 37.3 Å². The zero-order valence-electron chi connectivity index (χ0n) is 13.7. The molecule has 0 radical (unpaired) electrons. The van der Waals surface area contributed by atoms with Crippen molar-refractivity contribution in [2.24, 2.45) is 0 Å². The summed E-state index contributed by atoms with van der Waals surface area (Å²) < 4.78 is 5.32. The standard InChI is InChI=1S/C18H22N4O/c1-14(2)17-20-16(23-21-17)12-22-10-8-18(13-19,9-11-22)15-6-4-3-5-7-15/h3-7,14H,8-12H2,1-2H3. The Hall–Kier alpha value is -2.19. The number of rotatable bonds is 4. The van der Waals surface area contributed by atoms with Crippen LogP contribution in [-0.4, -0.2) is 28.1 Å². The highest BCUT2D eigenvalue weighted by Gasteiger charge is 2.36. The lowest BCUT2D eigenvalue weighted by Gasteiger charge is -2.37. The van der Waals surface area contributed by atoms with Gasteiger partial charge in [-0.3, -0.25) is 4.90 Å². The van der Waals surface area contributed by atoms with Gasteiger partial charge in [0.25, 0.3) is 0 Å². The van der Waals surface area contributed by atoms with Crippen LogP contribution in [-0.2, 0) is 12.0 Å². The maximum Gasteiger partial charge on any atom is 0.240 e. The third kappa shape index (κ3) is 3.27. The molecule has 0 aliphatic carbocycles. The van der Waals surface area contributed by atoms with Crippen LogP contribution in [0.1, 0.15) is 49.9 Å². The average molecular weight is 310 g/mol. The zero-order chi connectivity index (χ0) is 16.3. The lowest BCUT2D eigenvalue weighted by molar-refractivity contribution is 0.160. The molecule has 1 aliphatic heterocycles. The van der Waals surface area contributed by atoms with Crippen LogP contribution in [0.4, 0.5) is 0 Å². The maximum atomic E-state index is 9.73. The Morgan fingerprint density at radius 2 is 1.96 bits per heavy atom. The minimum absolute atomic E-state index is 0.276. The van der Waals surface area contributed by atoms with Gasteiger partial charge in [0, 0.05) is 19.0 Å². The van der Waals surface area contributed by atoms with Crippen molar-refractivity contribution in [1.82, 2.24) is 15.0 Å². The number of nitrogens with zero attached hydrogens (tertiary/aromatic N) is 4. The Balaban J connectivity index is 1.64. The molecule has 0 N–H and O–H groups in total. The Kier molecular flexibility index (Phi) is 4.44. The Bertz CT molecular complexity index is 679. The minimum Gasteiger partial charge on any atom is -0.338 e. The molecule has 1 fully saturated rings. The van der Waals surface area contributed by atoms with E-state index in [4.69, 9.17) is 4.52 Å². The van der Waals surface area contributed by atoms with E-state index in [-0.39, 0.29) is 11.3 Å². The van der Waals surface area contributed by atoms with Crippen molar-refractivity contribution < 1.29 is 4.52 Å². The van der Waals surface area contributed by atoms with Gasteiger partial charge in [0.15, 0.2) is 5.82 Å². The lowest BCUT2D eigenvalue weighted by atomic mass is 9.74. The Labute approximate surface area is 136 Å². The number of aromatic nitrogens is 2. The molecule has 5 nitrogen and oxygen atoms in total. The van der Waals surface area contributed by atoms with E-state index >= 15 is 0 Å². The summed E-state index contributed by atoms with van der Waals surface area (Å²) in [6.07, 6.45) is 1.66. The fourth-order valence-corrected chi connectivity index (χ4v) is 3.07. The fourth-order valence-electron chi connectivity index (χ4n) is 3.07. The van der Waals surface area contributed by atoms with Crippen LogP contribution in [0.15, 0.2) is 34.9 Å². The molecule has 1 aromatic carbocycles. The number of hydrogen-bond acceptors (Lipinski definition) is 5. The van der Waals surface area contributed by atoms with E-state index in [1.54, 1.807) is 0 Å². The molecule has 2 heterocycles. The predicted octanol–water partition coefficient (Wildman–Crippen LogP) is 3.25. The van der Waals surface area contributed by atoms with Crippen molar-refractivity contribution in [2.75, 3.05) is 13.1 Å². The number of piperidine rings is 1. The average Bonchev–Trinajstić information content (AvgIpc) is 3.05. The van der Waals surface area contributed by atoms with Crippen molar-refractivity contribution in [1.29, 1.82) is 5.26 Å². The van der Waals surface area contributed by atoms with Gasteiger partial charge in [0.05, 0.1) is 18.0 Å². The summed E-state index contributed by atoms with van der Waals surface area (Å²) in [5, 5.41) is 13.7. The minimum atomic E-state index is -0.365. The molecule has 1 aliphatic rings. The predicted molar refractivity (Wildman–Crippen MR) is 86.6 cm³/mol. The van der Waals surface area contributed by atoms with E-state index in [2.05, 4.69) is 47.1 Å². The maximum absolute atomic E-state index is 9.73. The fraction of sp³-hybridized carbons (Fsp3) is 0.500. The van der Waals surface area contributed by atoms with Crippen LogP contribution in [0.5, 0.6) is 0 Å². The Morgan fingerprint density at radius 3 is 2.52 bits per heavy atom. The smallest absolute Gasteiger partial charge is 0.240 e. The third-order valence-electron chi connectivity index (χ3n) is 4.61. The summed E-state index contributed by atoms with van der Waals surface area (Å²) in [4.78, 5) is 6.72. The van der Waals surface area contributed by atoms with Crippen molar-refractivity contribution in [2.45, 2.75) is 44.6 Å². The number of likely N-dealkylation sites (tertiary alicyclic amines) is 1. The van der Waals surface area contributed by atoms with E-state index in [0.29, 0.717) is 12.4 Å². The second kappa shape index (κ2) is 6.51. The van der Waals surface area contributed by atoms with Gasteiger partial charge < -0.3 is 4.52 Å². The first-order valence-corrected chi connectivity index (χ1v) is 8.14. The first-order valence-electron chi connectivity index (χ1n) is 8.14. The summed E-state index contributed by atoms with van der Waals surface area (Å²) in [5.74, 6) is 1.70. The van der Waals surface area contributed by atoms with E-state index < -0.39 is 0 Å². The van der Waals surface area contributed by atoms with Gasteiger partial charge >= 0.3 is 0 Å². The van der Waals surface area contributed by atoms with Gasteiger partial charge in [-0.1, -0.05) is 49.3 Å². The van der Waals surface area contributed by atoms with Crippen LogP contribution in [0.2, 0.25) is 0 Å². The van der Waals surface area contributed by atoms with E-state index in [9.17, 15) is 5.26 Å². The summed E-state index contributed by atoms with van der Waals surface area (Å²) in [7, 11) is 0. The number of benzene rings is 1. The summed E-state index contributed by atoms with van der Waals surface area (Å²) in [6.45, 7) is 6.49. The van der Waals surface area contributed by atoms with Crippen molar-refractivity contribution >= 4 is 0 Å². The van der Waals surface area contributed by atoms with Gasteiger partial charge in [0.1, 0.15) is 0 Å². The molecule has 2 aromatic rings. The molecule has 0 bridgehead atoms. The van der Waals surface area contributed by atoms with Crippen molar-refractivity contribution in [3.8, 4) is 6.07 Å². The molecule has 3 rings (SSSR count). The highest BCUT2D eigenvalue weighted by atomic mass is 16.5. The molecule has 0 spiro atoms. The second-order valence-corrected chi connectivity index (χ2v) is 6.54.